The smallest absolute Gasteiger partial charge is 0.274 e. The molecule has 3 aromatic rings. The summed E-state index contributed by atoms with van der Waals surface area (Å²) in [6, 6.07) is 8.69. The van der Waals surface area contributed by atoms with Crippen molar-refractivity contribution in [3.05, 3.63) is 64.7 Å². The Morgan fingerprint density at radius 1 is 1.07 bits per heavy atom. The molecule has 0 radical (unpaired) electrons. The highest BCUT2D eigenvalue weighted by molar-refractivity contribution is 6.35. The fourth-order valence-corrected chi connectivity index (χ4v) is 2.82. The van der Waals surface area contributed by atoms with E-state index >= 15 is 0 Å². The standard InChI is InChI=1S/C19H15ClF2N4O3/c1-28-15-9-16(29-2)25-18(24-15)11-4-3-5-12(20)17(11)19(27)26(23)14-7-6-10(21)8-13(14)22/h3-9H,23H2,1-2H3. The third-order valence-corrected chi connectivity index (χ3v) is 4.27. The third kappa shape index (κ3) is 4.10. The van der Waals surface area contributed by atoms with E-state index in [4.69, 9.17) is 26.9 Å². The summed E-state index contributed by atoms with van der Waals surface area (Å²) in [4.78, 5) is 21.5. The molecule has 0 saturated carbocycles. The van der Waals surface area contributed by atoms with Gasteiger partial charge in [-0.1, -0.05) is 23.7 Å². The van der Waals surface area contributed by atoms with E-state index in [9.17, 15) is 13.6 Å². The van der Waals surface area contributed by atoms with Gasteiger partial charge in [0.15, 0.2) is 11.6 Å². The molecule has 1 aromatic heterocycles. The van der Waals surface area contributed by atoms with Crippen LogP contribution >= 0.6 is 11.6 Å². The van der Waals surface area contributed by atoms with Crippen molar-refractivity contribution in [1.29, 1.82) is 0 Å². The number of carbonyl (C=O) groups excluding carboxylic acids is 1. The van der Waals surface area contributed by atoms with Crippen LogP contribution in [0.25, 0.3) is 11.4 Å². The number of aromatic nitrogens is 2. The lowest BCUT2D eigenvalue weighted by molar-refractivity contribution is 0.0986. The lowest BCUT2D eigenvalue weighted by atomic mass is 10.1. The largest absolute Gasteiger partial charge is 0.481 e. The molecular weight excluding hydrogens is 406 g/mol. The predicted octanol–water partition coefficient (Wildman–Crippen LogP) is 3.61. The Morgan fingerprint density at radius 3 is 2.31 bits per heavy atom. The number of nitrogens with zero attached hydrogens (tertiary/aromatic N) is 3. The molecule has 0 aliphatic heterocycles. The Morgan fingerprint density at radius 2 is 1.72 bits per heavy atom. The molecule has 10 heteroatoms. The van der Waals surface area contributed by atoms with Crippen LogP contribution < -0.4 is 20.3 Å². The molecular formula is C19H15ClF2N4O3. The summed E-state index contributed by atoms with van der Waals surface area (Å²) in [5.74, 6) is 3.64. The molecule has 0 bridgehead atoms. The first-order chi connectivity index (χ1) is 13.8. The maximum absolute atomic E-state index is 14.1. The van der Waals surface area contributed by atoms with Crippen molar-refractivity contribution >= 4 is 23.2 Å². The van der Waals surface area contributed by atoms with Gasteiger partial charge in [-0.25, -0.2) is 19.6 Å². The maximum Gasteiger partial charge on any atom is 0.274 e. The van der Waals surface area contributed by atoms with Crippen LogP contribution in [0.5, 0.6) is 11.8 Å². The van der Waals surface area contributed by atoms with Crippen LogP contribution in [0.15, 0.2) is 42.5 Å². The van der Waals surface area contributed by atoms with E-state index in [0.717, 1.165) is 12.1 Å². The lowest BCUT2D eigenvalue weighted by Gasteiger charge is -2.20. The van der Waals surface area contributed by atoms with Gasteiger partial charge in [-0.05, 0) is 18.2 Å². The zero-order valence-electron chi connectivity index (χ0n) is 15.3. The highest BCUT2D eigenvalue weighted by Gasteiger charge is 2.25. The molecule has 0 saturated heterocycles. The quantitative estimate of drug-likeness (QED) is 0.385. The molecule has 2 aromatic carbocycles. The van der Waals surface area contributed by atoms with E-state index in [1.54, 1.807) is 12.1 Å². The van der Waals surface area contributed by atoms with E-state index in [-0.39, 0.29) is 39.4 Å². The third-order valence-electron chi connectivity index (χ3n) is 3.95. The molecule has 0 unspecified atom stereocenters. The van der Waals surface area contributed by atoms with Crippen LogP contribution in [0.1, 0.15) is 10.4 Å². The normalized spacial score (nSPS) is 10.6. The summed E-state index contributed by atoms with van der Waals surface area (Å²) in [5.41, 5.74) is -0.181. The van der Waals surface area contributed by atoms with Gasteiger partial charge >= 0.3 is 0 Å². The number of nitrogens with two attached hydrogens (primary N) is 1. The van der Waals surface area contributed by atoms with Crippen molar-refractivity contribution in [2.24, 2.45) is 5.84 Å². The summed E-state index contributed by atoms with van der Waals surface area (Å²) in [7, 11) is 2.82. The topological polar surface area (TPSA) is 90.6 Å². The fraction of sp³-hybridized carbons (Fsp3) is 0.105. The second kappa shape index (κ2) is 8.38. The van der Waals surface area contributed by atoms with Crippen LogP contribution in [-0.2, 0) is 0 Å². The Hall–Kier alpha value is -3.30. The summed E-state index contributed by atoms with van der Waals surface area (Å²) in [5, 5.41) is 0.576. The number of benzene rings is 2. The van der Waals surface area contributed by atoms with E-state index in [2.05, 4.69) is 9.97 Å². The first-order valence-corrected chi connectivity index (χ1v) is 8.53. The molecule has 2 N–H and O–H groups in total. The van der Waals surface area contributed by atoms with E-state index in [0.29, 0.717) is 11.1 Å². The minimum atomic E-state index is -1.01. The first-order valence-electron chi connectivity index (χ1n) is 8.16. The molecule has 0 fully saturated rings. The van der Waals surface area contributed by atoms with Crippen LogP contribution in [0.4, 0.5) is 14.5 Å². The molecule has 0 aliphatic carbocycles. The number of hydrogen-bond donors (Lipinski definition) is 1. The Bertz CT molecular complexity index is 1060. The SMILES string of the molecule is COc1cc(OC)nc(-c2cccc(Cl)c2C(=O)N(N)c2ccc(F)cc2F)n1. The maximum atomic E-state index is 14.1. The number of ether oxygens (including phenoxy) is 2. The Labute approximate surface area is 169 Å². The summed E-state index contributed by atoms with van der Waals surface area (Å²) in [6.45, 7) is 0. The summed E-state index contributed by atoms with van der Waals surface area (Å²) in [6.07, 6.45) is 0. The molecule has 3 rings (SSSR count). The zero-order valence-corrected chi connectivity index (χ0v) is 16.1. The average Bonchev–Trinajstić information content (AvgIpc) is 2.72. The number of rotatable bonds is 5. The number of carbonyl (C=O) groups is 1. The second-order valence-corrected chi connectivity index (χ2v) is 6.12. The average molecular weight is 421 g/mol. The number of hydrogen-bond acceptors (Lipinski definition) is 6. The van der Waals surface area contributed by atoms with Crippen LogP contribution in [-0.4, -0.2) is 30.1 Å². The number of anilines is 1. The molecule has 1 amide bonds. The van der Waals surface area contributed by atoms with Crippen molar-refractivity contribution < 1.29 is 23.0 Å². The van der Waals surface area contributed by atoms with E-state index in [1.807, 2.05) is 0 Å². The highest BCUT2D eigenvalue weighted by Crippen LogP contribution is 2.31. The van der Waals surface area contributed by atoms with Crippen molar-refractivity contribution in [2.45, 2.75) is 0 Å². The van der Waals surface area contributed by atoms with E-state index in [1.165, 1.54) is 26.4 Å². The van der Waals surface area contributed by atoms with Gasteiger partial charge in [0, 0.05) is 11.6 Å². The summed E-state index contributed by atoms with van der Waals surface area (Å²) >= 11 is 6.24. The van der Waals surface area contributed by atoms with Crippen molar-refractivity contribution in [3.63, 3.8) is 0 Å². The van der Waals surface area contributed by atoms with Crippen LogP contribution in [0.2, 0.25) is 5.02 Å². The lowest BCUT2D eigenvalue weighted by Crippen LogP contribution is -2.38. The summed E-state index contributed by atoms with van der Waals surface area (Å²) < 4.78 is 37.5. The van der Waals surface area contributed by atoms with Gasteiger partial charge in [0.25, 0.3) is 5.91 Å². The van der Waals surface area contributed by atoms with Gasteiger partial charge in [0.1, 0.15) is 5.82 Å². The van der Waals surface area contributed by atoms with Gasteiger partial charge in [-0.3, -0.25) is 4.79 Å². The van der Waals surface area contributed by atoms with E-state index < -0.39 is 17.5 Å². The first kappa shape index (κ1) is 20.4. The Kier molecular flexibility index (Phi) is 5.90. The zero-order chi connectivity index (χ0) is 21.1. The van der Waals surface area contributed by atoms with Crippen LogP contribution in [0.3, 0.4) is 0 Å². The number of hydrazine groups is 1. The molecule has 1 heterocycles. The monoisotopic (exact) mass is 420 g/mol. The van der Waals surface area contributed by atoms with Gasteiger partial charge in [0.05, 0.1) is 36.6 Å². The van der Waals surface area contributed by atoms with Crippen molar-refractivity contribution in [2.75, 3.05) is 19.2 Å². The fourth-order valence-electron chi connectivity index (χ4n) is 2.57. The number of halogens is 3. The molecule has 150 valence electrons. The number of methoxy groups -OCH3 is 2. The second-order valence-electron chi connectivity index (χ2n) is 5.71. The van der Waals surface area contributed by atoms with Crippen molar-refractivity contribution in [3.8, 4) is 23.1 Å². The molecule has 7 nitrogen and oxygen atoms in total. The highest BCUT2D eigenvalue weighted by atomic mass is 35.5. The van der Waals surface area contributed by atoms with Crippen molar-refractivity contribution in [1.82, 2.24) is 9.97 Å². The van der Waals surface area contributed by atoms with Gasteiger partial charge < -0.3 is 9.47 Å². The predicted molar refractivity (Wildman–Crippen MR) is 103 cm³/mol. The minimum Gasteiger partial charge on any atom is -0.481 e. The Balaban J connectivity index is 2.13. The van der Waals surface area contributed by atoms with Gasteiger partial charge in [-0.2, -0.15) is 9.97 Å². The van der Waals surface area contributed by atoms with Gasteiger partial charge in [-0.15, -0.1) is 0 Å². The molecule has 29 heavy (non-hydrogen) atoms. The molecule has 0 aliphatic rings. The minimum absolute atomic E-state index is 0.0378. The van der Waals surface area contributed by atoms with Gasteiger partial charge in [0.2, 0.25) is 11.8 Å². The number of amides is 1. The molecule has 0 atom stereocenters. The van der Waals surface area contributed by atoms with Crippen LogP contribution in [0, 0.1) is 11.6 Å². The molecule has 0 spiro atoms.